The molecule has 11 nitrogen and oxygen atoms in total. The summed E-state index contributed by atoms with van der Waals surface area (Å²) in [6.45, 7) is 2.03. The first-order chi connectivity index (χ1) is 18.8. The number of nitrogens with zero attached hydrogens (tertiary/aromatic N) is 2. The second-order valence-electron chi connectivity index (χ2n) is 9.67. The number of unbranched alkanes of at least 4 members (excludes halogenated alkanes) is 9. The predicted octanol–water partition coefficient (Wildman–Crippen LogP) is 3.25. The van der Waals surface area contributed by atoms with Gasteiger partial charge in [-0.25, -0.2) is 9.59 Å². The summed E-state index contributed by atoms with van der Waals surface area (Å²) in [6.07, 6.45) is 8.12. The molecule has 0 spiro atoms. The van der Waals surface area contributed by atoms with E-state index in [4.69, 9.17) is 9.47 Å². The first kappa shape index (κ1) is 30.9. The minimum atomic E-state index is -1.43. The molecule has 3 heterocycles. The fourth-order valence-corrected chi connectivity index (χ4v) is 5.15. The molecule has 3 rings (SSSR count). The average Bonchev–Trinajstić information content (AvgIpc) is 3.53. The fourth-order valence-electron chi connectivity index (χ4n) is 4.36. The van der Waals surface area contributed by atoms with Gasteiger partial charge in [0.1, 0.15) is 29.0 Å². The Kier molecular flexibility index (Phi) is 12.5. The van der Waals surface area contributed by atoms with Crippen molar-refractivity contribution in [3.8, 4) is 0 Å². The molecule has 216 valence electrons. The molecule has 4 atom stereocenters. The van der Waals surface area contributed by atoms with Crippen LogP contribution >= 0.6 is 11.3 Å². The predicted molar refractivity (Wildman–Crippen MR) is 146 cm³/mol. The largest absolute Gasteiger partial charge is 0.462 e. The molecular weight excluding hydrogens is 526 g/mol. The van der Waals surface area contributed by atoms with Crippen LogP contribution in [0, 0.1) is 0 Å². The van der Waals surface area contributed by atoms with E-state index in [9.17, 15) is 29.7 Å². The number of aliphatic hydroxyl groups is 3. The number of hydrogen-bond acceptors (Lipinski definition) is 10. The van der Waals surface area contributed by atoms with Crippen LogP contribution in [0.1, 0.15) is 96.7 Å². The second-order valence-corrected chi connectivity index (χ2v) is 10.8. The number of aromatic nitrogens is 2. The van der Waals surface area contributed by atoms with E-state index in [1.165, 1.54) is 69.3 Å². The molecule has 0 aromatic carbocycles. The highest BCUT2D eigenvalue weighted by Crippen LogP contribution is 2.28. The van der Waals surface area contributed by atoms with Crippen molar-refractivity contribution < 1.29 is 34.4 Å². The van der Waals surface area contributed by atoms with Crippen molar-refractivity contribution in [2.75, 3.05) is 18.5 Å². The molecular formula is C27H39N3O8S. The molecule has 12 heteroatoms. The van der Waals surface area contributed by atoms with Crippen LogP contribution < -0.4 is 11.0 Å². The maximum Gasteiger partial charge on any atom is 0.351 e. The Hall–Kier alpha value is -2.64. The summed E-state index contributed by atoms with van der Waals surface area (Å²) in [4.78, 5) is 41.7. The van der Waals surface area contributed by atoms with Crippen molar-refractivity contribution in [1.29, 1.82) is 0 Å². The third-order valence-corrected chi connectivity index (χ3v) is 7.69. The Labute approximate surface area is 231 Å². The van der Waals surface area contributed by atoms with Gasteiger partial charge in [0.25, 0.3) is 5.91 Å². The lowest BCUT2D eigenvalue weighted by atomic mass is 10.1. The summed E-state index contributed by atoms with van der Waals surface area (Å²) in [7, 11) is 0. The number of rotatable bonds is 16. The smallest absolute Gasteiger partial charge is 0.351 e. The van der Waals surface area contributed by atoms with Gasteiger partial charge in [0.2, 0.25) is 0 Å². The molecule has 1 fully saturated rings. The highest BCUT2D eigenvalue weighted by atomic mass is 32.1. The van der Waals surface area contributed by atoms with Gasteiger partial charge in [-0.1, -0.05) is 64.7 Å². The van der Waals surface area contributed by atoms with E-state index in [1.54, 1.807) is 0 Å². The molecule has 0 unspecified atom stereocenters. The number of ether oxygens (including phenoxy) is 2. The van der Waals surface area contributed by atoms with Gasteiger partial charge in [0.15, 0.2) is 6.23 Å². The van der Waals surface area contributed by atoms with E-state index in [0.29, 0.717) is 11.5 Å². The van der Waals surface area contributed by atoms with Crippen molar-refractivity contribution in [2.45, 2.75) is 95.7 Å². The van der Waals surface area contributed by atoms with E-state index in [-0.39, 0.29) is 10.7 Å². The highest BCUT2D eigenvalue weighted by Gasteiger charge is 2.43. The first-order valence-electron chi connectivity index (χ1n) is 13.7. The Morgan fingerprint density at radius 3 is 2.26 bits per heavy atom. The van der Waals surface area contributed by atoms with Crippen LogP contribution in [0.15, 0.2) is 29.2 Å². The normalized spacial score (nSPS) is 20.7. The summed E-state index contributed by atoms with van der Waals surface area (Å²) in [6, 6.07) is 4.36. The van der Waals surface area contributed by atoms with Crippen LogP contribution in [0.2, 0.25) is 0 Å². The number of anilines is 1. The van der Waals surface area contributed by atoms with Gasteiger partial charge in [-0.05, 0) is 24.6 Å². The number of aliphatic hydroxyl groups excluding tert-OH is 3. The molecule has 39 heavy (non-hydrogen) atoms. The van der Waals surface area contributed by atoms with Crippen molar-refractivity contribution >= 4 is 29.0 Å². The molecule has 1 amide bonds. The standard InChI is InChI=1S/C27H39N3O8S/c1-2-3-4-5-6-7-8-9-10-11-16-37-26(35)20-13-12-19(39-20)24(34)28-21-14-15-30(27(36)29-21)25-23(33)22(32)18(17-31)38-25/h12-15,18,22-23,25,31-33H,2-11,16-17H2,1H3,(H,28,29,34,36)/t18-,22-,23+,25-/m1/s1. The van der Waals surface area contributed by atoms with Crippen molar-refractivity contribution in [2.24, 2.45) is 0 Å². The Balaban J connectivity index is 1.40. The van der Waals surface area contributed by atoms with Gasteiger partial charge in [0.05, 0.1) is 18.1 Å². The maximum atomic E-state index is 12.6. The Morgan fingerprint density at radius 2 is 1.64 bits per heavy atom. The maximum absolute atomic E-state index is 12.6. The van der Waals surface area contributed by atoms with E-state index >= 15 is 0 Å². The lowest BCUT2D eigenvalue weighted by molar-refractivity contribution is -0.0549. The lowest BCUT2D eigenvalue weighted by Crippen LogP contribution is -2.36. The minimum Gasteiger partial charge on any atom is -0.462 e. The highest BCUT2D eigenvalue weighted by molar-refractivity contribution is 7.16. The number of thiophene rings is 1. The van der Waals surface area contributed by atoms with Crippen molar-refractivity contribution in [3.05, 3.63) is 44.6 Å². The zero-order valence-corrected chi connectivity index (χ0v) is 23.1. The van der Waals surface area contributed by atoms with Crippen molar-refractivity contribution in [3.63, 3.8) is 0 Å². The van der Waals surface area contributed by atoms with Gasteiger partial charge in [-0.3, -0.25) is 9.36 Å². The van der Waals surface area contributed by atoms with Gasteiger partial charge in [-0.15, -0.1) is 11.3 Å². The number of nitrogens with one attached hydrogen (secondary N) is 1. The topological polar surface area (TPSA) is 160 Å². The SMILES string of the molecule is CCCCCCCCCCCCOC(=O)c1ccc(C(=O)Nc2ccn([C@@H]3O[C@H](CO)[C@@H](O)[C@@H]3O)c(=O)n2)s1. The van der Waals surface area contributed by atoms with E-state index in [2.05, 4.69) is 17.2 Å². The molecule has 4 N–H and O–H groups in total. The van der Waals surface area contributed by atoms with Crippen LogP contribution in [0.3, 0.4) is 0 Å². The summed E-state index contributed by atoms with van der Waals surface area (Å²) >= 11 is 0.980. The quantitative estimate of drug-likeness (QED) is 0.177. The average molecular weight is 566 g/mol. The Morgan fingerprint density at radius 1 is 1.00 bits per heavy atom. The third kappa shape index (κ3) is 8.94. The van der Waals surface area contributed by atoms with Crippen LogP contribution in [0.4, 0.5) is 5.82 Å². The van der Waals surface area contributed by atoms with Crippen LogP contribution in [-0.2, 0) is 9.47 Å². The van der Waals surface area contributed by atoms with Crippen LogP contribution in [0.5, 0.6) is 0 Å². The summed E-state index contributed by atoms with van der Waals surface area (Å²) in [5, 5.41) is 31.7. The molecule has 0 radical (unpaired) electrons. The van der Waals surface area contributed by atoms with Gasteiger partial charge in [0, 0.05) is 6.20 Å². The van der Waals surface area contributed by atoms with E-state index in [1.807, 2.05) is 0 Å². The Bertz CT molecular complexity index is 1120. The molecule has 0 saturated carbocycles. The third-order valence-electron chi connectivity index (χ3n) is 6.62. The number of esters is 1. The van der Waals surface area contributed by atoms with E-state index < -0.39 is 48.7 Å². The number of amides is 1. The fraction of sp³-hybridized carbons (Fsp3) is 0.630. The molecule has 0 bridgehead atoms. The van der Waals surface area contributed by atoms with Gasteiger partial charge < -0.3 is 30.1 Å². The molecule has 2 aromatic heterocycles. The summed E-state index contributed by atoms with van der Waals surface area (Å²) in [5.74, 6) is -1.06. The molecule has 0 aliphatic carbocycles. The van der Waals surface area contributed by atoms with E-state index in [0.717, 1.165) is 35.2 Å². The zero-order chi connectivity index (χ0) is 28.2. The molecule has 1 aliphatic heterocycles. The number of hydrogen-bond donors (Lipinski definition) is 4. The number of carbonyl (C=O) groups excluding carboxylic acids is 2. The minimum absolute atomic E-state index is 0.0357. The molecule has 2 aromatic rings. The molecule has 1 saturated heterocycles. The van der Waals surface area contributed by atoms with Gasteiger partial charge in [-0.2, -0.15) is 4.98 Å². The monoisotopic (exact) mass is 565 g/mol. The van der Waals surface area contributed by atoms with Crippen molar-refractivity contribution in [1.82, 2.24) is 9.55 Å². The van der Waals surface area contributed by atoms with Gasteiger partial charge >= 0.3 is 11.7 Å². The molecule has 1 aliphatic rings. The van der Waals surface area contributed by atoms with Crippen LogP contribution in [0.25, 0.3) is 0 Å². The first-order valence-corrected chi connectivity index (χ1v) is 14.5. The summed E-state index contributed by atoms with van der Waals surface area (Å²) in [5.41, 5.74) is -0.829. The number of carbonyl (C=O) groups is 2. The zero-order valence-electron chi connectivity index (χ0n) is 22.3. The van der Waals surface area contributed by atoms with Crippen LogP contribution in [-0.4, -0.2) is 68.3 Å². The summed E-state index contributed by atoms with van der Waals surface area (Å²) < 4.78 is 11.6. The lowest BCUT2D eigenvalue weighted by Gasteiger charge is -2.17. The second kappa shape index (κ2) is 15.8.